The summed E-state index contributed by atoms with van der Waals surface area (Å²) in [5.41, 5.74) is 6.48. The van der Waals surface area contributed by atoms with Crippen LogP contribution in [0.25, 0.3) is 0 Å². The lowest BCUT2D eigenvalue weighted by molar-refractivity contribution is 0.581. The van der Waals surface area contributed by atoms with Crippen LogP contribution in [-0.4, -0.2) is 8.42 Å². The Hall–Kier alpha value is -1.92. The smallest absolute Gasteiger partial charge is 0.242 e. The third-order valence-corrected chi connectivity index (χ3v) is 4.06. The number of halogens is 1. The highest BCUT2D eigenvalue weighted by molar-refractivity contribution is 7.89. The maximum atomic E-state index is 12.7. The van der Waals surface area contributed by atoms with Crippen molar-refractivity contribution < 1.29 is 12.8 Å². The number of nitrogens with one attached hydrogen (secondary N) is 1. The normalized spacial score (nSPS) is 11.4. The highest BCUT2D eigenvalue weighted by Gasteiger charge is 2.16. The molecule has 0 heterocycles. The molecule has 0 aliphatic carbocycles. The van der Waals surface area contributed by atoms with E-state index in [0.717, 1.165) is 0 Å². The number of nitrogen functional groups attached to an aromatic ring is 1. The van der Waals surface area contributed by atoms with Gasteiger partial charge in [0.1, 0.15) is 10.7 Å². The van der Waals surface area contributed by atoms with Crippen LogP contribution in [0.4, 0.5) is 10.1 Å². The molecule has 0 amide bonds. The van der Waals surface area contributed by atoms with Crippen molar-refractivity contribution >= 4 is 15.7 Å². The van der Waals surface area contributed by atoms with Crippen LogP contribution in [0.2, 0.25) is 0 Å². The Morgan fingerprint density at radius 3 is 2.32 bits per heavy atom. The van der Waals surface area contributed by atoms with E-state index in [9.17, 15) is 12.8 Å². The van der Waals surface area contributed by atoms with Crippen molar-refractivity contribution in [1.82, 2.24) is 4.72 Å². The second kappa shape index (κ2) is 5.38. The fraction of sp³-hybridized carbons (Fsp3) is 0.0769. The number of hydrogen-bond donors (Lipinski definition) is 2. The summed E-state index contributed by atoms with van der Waals surface area (Å²) in [6, 6.07) is 11.8. The van der Waals surface area contributed by atoms with Crippen molar-refractivity contribution in [2.24, 2.45) is 0 Å². The molecule has 0 aliphatic rings. The van der Waals surface area contributed by atoms with E-state index in [0.29, 0.717) is 5.56 Å². The van der Waals surface area contributed by atoms with Gasteiger partial charge >= 0.3 is 0 Å². The zero-order chi connectivity index (χ0) is 13.9. The molecule has 0 aliphatic heterocycles. The average Bonchev–Trinajstić information content (AvgIpc) is 2.38. The number of nitrogens with two attached hydrogens (primary N) is 1. The standard InChI is InChI=1S/C13H13FN2O2S/c14-11-7-5-10(6-8-11)9-16-19(17,18)13-4-2-1-3-12(13)15/h1-8,16H,9,15H2. The highest BCUT2D eigenvalue weighted by Crippen LogP contribution is 2.17. The van der Waals surface area contributed by atoms with Crippen molar-refractivity contribution in [3.63, 3.8) is 0 Å². The molecule has 100 valence electrons. The molecule has 2 aromatic rings. The third-order valence-electron chi connectivity index (χ3n) is 2.59. The summed E-state index contributed by atoms with van der Waals surface area (Å²) >= 11 is 0. The molecule has 4 nitrogen and oxygen atoms in total. The molecule has 2 aromatic carbocycles. The molecule has 0 saturated heterocycles. The first kappa shape index (κ1) is 13.5. The minimum Gasteiger partial charge on any atom is -0.398 e. The lowest BCUT2D eigenvalue weighted by Crippen LogP contribution is -2.24. The van der Waals surface area contributed by atoms with Gasteiger partial charge in [0.25, 0.3) is 0 Å². The second-order valence-corrected chi connectivity index (χ2v) is 5.72. The summed E-state index contributed by atoms with van der Waals surface area (Å²) in [5, 5.41) is 0. The molecule has 0 spiro atoms. The molecule has 0 radical (unpaired) electrons. The van der Waals surface area contributed by atoms with Crippen LogP contribution in [0, 0.1) is 5.82 Å². The monoisotopic (exact) mass is 280 g/mol. The van der Waals surface area contributed by atoms with E-state index in [1.807, 2.05) is 0 Å². The molecule has 2 rings (SSSR count). The fourth-order valence-corrected chi connectivity index (χ4v) is 2.73. The summed E-state index contributed by atoms with van der Waals surface area (Å²) in [5.74, 6) is -0.362. The summed E-state index contributed by atoms with van der Waals surface area (Å²) in [7, 11) is -3.67. The predicted molar refractivity (Wildman–Crippen MR) is 71.3 cm³/mol. The topological polar surface area (TPSA) is 72.2 Å². The van der Waals surface area contributed by atoms with E-state index in [4.69, 9.17) is 5.73 Å². The first-order valence-electron chi connectivity index (χ1n) is 5.58. The number of anilines is 1. The van der Waals surface area contributed by atoms with E-state index < -0.39 is 10.0 Å². The Labute approximate surface area is 111 Å². The first-order valence-corrected chi connectivity index (χ1v) is 7.06. The molecule has 0 atom stereocenters. The van der Waals surface area contributed by atoms with Gasteiger partial charge in [-0.2, -0.15) is 0 Å². The second-order valence-electron chi connectivity index (χ2n) is 3.99. The minimum atomic E-state index is -3.67. The van der Waals surface area contributed by atoms with Crippen molar-refractivity contribution in [1.29, 1.82) is 0 Å². The Kier molecular flexibility index (Phi) is 3.82. The van der Waals surface area contributed by atoms with Gasteiger partial charge in [0.05, 0.1) is 5.69 Å². The van der Waals surface area contributed by atoms with Gasteiger partial charge < -0.3 is 5.73 Å². The van der Waals surface area contributed by atoms with Crippen LogP contribution in [0.15, 0.2) is 53.4 Å². The molecular weight excluding hydrogens is 267 g/mol. The summed E-state index contributed by atoms with van der Waals surface area (Å²) in [6.07, 6.45) is 0. The Morgan fingerprint density at radius 1 is 1.05 bits per heavy atom. The van der Waals surface area contributed by atoms with Crippen LogP contribution < -0.4 is 10.5 Å². The fourth-order valence-electron chi connectivity index (χ4n) is 1.58. The average molecular weight is 280 g/mol. The molecule has 0 saturated carbocycles. The van der Waals surface area contributed by atoms with Gasteiger partial charge in [-0.1, -0.05) is 24.3 Å². The lowest BCUT2D eigenvalue weighted by Gasteiger charge is -2.08. The molecule has 0 aromatic heterocycles. The Balaban J connectivity index is 2.14. The Bertz CT molecular complexity index is 669. The van der Waals surface area contributed by atoms with Crippen molar-refractivity contribution in [3.05, 3.63) is 59.9 Å². The molecule has 19 heavy (non-hydrogen) atoms. The van der Waals surface area contributed by atoms with Crippen LogP contribution in [0.5, 0.6) is 0 Å². The SMILES string of the molecule is Nc1ccccc1S(=O)(=O)NCc1ccc(F)cc1. The molecular formula is C13H13FN2O2S. The zero-order valence-corrected chi connectivity index (χ0v) is 10.8. The predicted octanol–water partition coefficient (Wildman–Crippen LogP) is 1.89. The number of hydrogen-bond acceptors (Lipinski definition) is 3. The maximum absolute atomic E-state index is 12.7. The molecule has 0 bridgehead atoms. The van der Waals surface area contributed by atoms with Gasteiger partial charge in [0.2, 0.25) is 10.0 Å². The lowest BCUT2D eigenvalue weighted by atomic mass is 10.2. The van der Waals surface area contributed by atoms with E-state index in [1.54, 1.807) is 12.1 Å². The van der Waals surface area contributed by atoms with Crippen molar-refractivity contribution in [3.8, 4) is 0 Å². The molecule has 0 fully saturated rings. The van der Waals surface area contributed by atoms with Gasteiger partial charge in [0, 0.05) is 6.54 Å². The van der Waals surface area contributed by atoms with Gasteiger partial charge in [-0.3, -0.25) is 0 Å². The number of para-hydroxylation sites is 1. The van der Waals surface area contributed by atoms with Crippen molar-refractivity contribution in [2.75, 3.05) is 5.73 Å². The van der Waals surface area contributed by atoms with Gasteiger partial charge in [0.15, 0.2) is 0 Å². The van der Waals surface area contributed by atoms with Crippen LogP contribution in [-0.2, 0) is 16.6 Å². The minimum absolute atomic E-state index is 0.0390. The van der Waals surface area contributed by atoms with E-state index in [-0.39, 0.29) is 22.9 Å². The number of benzene rings is 2. The van der Waals surface area contributed by atoms with Crippen LogP contribution in [0.1, 0.15) is 5.56 Å². The molecule has 3 N–H and O–H groups in total. The molecule has 0 unspecified atom stereocenters. The van der Waals surface area contributed by atoms with Gasteiger partial charge in [-0.25, -0.2) is 17.5 Å². The Morgan fingerprint density at radius 2 is 1.68 bits per heavy atom. The summed E-state index contributed by atoms with van der Waals surface area (Å²) < 4.78 is 39.2. The zero-order valence-electron chi connectivity index (χ0n) is 10.0. The highest BCUT2D eigenvalue weighted by atomic mass is 32.2. The quantitative estimate of drug-likeness (QED) is 0.840. The van der Waals surface area contributed by atoms with Gasteiger partial charge in [-0.15, -0.1) is 0 Å². The van der Waals surface area contributed by atoms with Crippen LogP contribution in [0.3, 0.4) is 0 Å². The van der Waals surface area contributed by atoms with Crippen LogP contribution >= 0.6 is 0 Å². The maximum Gasteiger partial charge on any atom is 0.242 e. The van der Waals surface area contributed by atoms with E-state index in [2.05, 4.69) is 4.72 Å². The largest absolute Gasteiger partial charge is 0.398 e. The number of rotatable bonds is 4. The number of sulfonamides is 1. The third kappa shape index (κ3) is 3.30. The molecule has 6 heteroatoms. The summed E-state index contributed by atoms with van der Waals surface area (Å²) in [6.45, 7) is 0.0803. The first-order chi connectivity index (χ1) is 8.99. The van der Waals surface area contributed by atoms with E-state index in [1.165, 1.54) is 36.4 Å². The van der Waals surface area contributed by atoms with Crippen molar-refractivity contribution in [2.45, 2.75) is 11.4 Å². The summed E-state index contributed by atoms with van der Waals surface area (Å²) in [4.78, 5) is 0.0390. The van der Waals surface area contributed by atoms with Gasteiger partial charge in [-0.05, 0) is 29.8 Å². The van der Waals surface area contributed by atoms with E-state index >= 15 is 0 Å².